The lowest BCUT2D eigenvalue weighted by molar-refractivity contribution is 0.694. The number of hydrogen-bond acceptors (Lipinski definition) is 1. The van der Waals surface area contributed by atoms with Gasteiger partial charge in [0.15, 0.2) is 0 Å². The molecule has 2 heteroatoms. The quantitative estimate of drug-likeness (QED) is 0.590. The lowest BCUT2D eigenvalue weighted by Crippen LogP contribution is -2.15. The molecule has 0 aromatic carbocycles. The Morgan fingerprint density at radius 3 is 1.64 bits per heavy atom. The summed E-state index contributed by atoms with van der Waals surface area (Å²) in [6.45, 7) is 8.82. The van der Waals surface area contributed by atoms with Crippen molar-refractivity contribution in [1.29, 1.82) is 5.26 Å². The third-order valence-electron chi connectivity index (χ3n) is 1.69. The summed E-state index contributed by atoms with van der Waals surface area (Å²) in [7, 11) is 0. The van der Waals surface area contributed by atoms with Crippen LogP contribution in [0.5, 0.6) is 0 Å². The largest absolute Gasteiger partial charge is 0.422 e. The van der Waals surface area contributed by atoms with Crippen molar-refractivity contribution < 1.29 is 0 Å². The molecular formula is C9H18AlN. The van der Waals surface area contributed by atoms with Gasteiger partial charge in [0.25, 0.3) is 0 Å². The number of rotatable bonds is 4. The molecule has 0 atom stereocenters. The van der Waals surface area contributed by atoms with Crippen molar-refractivity contribution in [2.75, 3.05) is 0 Å². The number of nitrogens with zero attached hydrogens (tertiary/aromatic N) is 1. The molecule has 0 unspecified atom stereocenters. The number of nitriles is 1. The first-order valence-electron chi connectivity index (χ1n) is 4.45. The molecule has 0 saturated heterocycles. The predicted octanol–water partition coefficient (Wildman–Crippen LogP) is 2.86. The molecule has 11 heavy (non-hydrogen) atoms. The third kappa shape index (κ3) is 6.42. The molecule has 0 rings (SSSR count). The second-order valence-electron chi connectivity index (χ2n) is 4.09. The van der Waals surface area contributed by atoms with Crippen molar-refractivity contribution in [3.63, 3.8) is 0 Å². The molecule has 0 spiro atoms. The van der Waals surface area contributed by atoms with Crippen LogP contribution in [0.1, 0.15) is 27.7 Å². The van der Waals surface area contributed by atoms with Gasteiger partial charge in [-0.15, -0.1) is 0 Å². The molecule has 0 aliphatic carbocycles. The van der Waals surface area contributed by atoms with E-state index in [1.54, 1.807) is 0 Å². The maximum Gasteiger partial charge on any atom is 0.422 e. The Bertz CT molecular complexity index is 125. The van der Waals surface area contributed by atoms with Gasteiger partial charge in [-0.2, -0.15) is 0 Å². The van der Waals surface area contributed by atoms with E-state index in [-0.39, 0.29) is 0 Å². The Labute approximate surface area is 74.8 Å². The first-order chi connectivity index (χ1) is 5.06. The monoisotopic (exact) mass is 167 g/mol. The molecule has 0 radical (unpaired) electrons. The highest BCUT2D eigenvalue weighted by molar-refractivity contribution is 6.66. The van der Waals surface area contributed by atoms with Crippen LogP contribution in [0.4, 0.5) is 0 Å². The van der Waals surface area contributed by atoms with Gasteiger partial charge in [0.2, 0.25) is 0 Å². The Morgan fingerprint density at radius 2 is 1.45 bits per heavy atom. The van der Waals surface area contributed by atoms with Gasteiger partial charge in [0.1, 0.15) is 0 Å². The van der Waals surface area contributed by atoms with Crippen LogP contribution in [-0.2, 0) is 0 Å². The standard InChI is InChI=1S/2C4H9.CN.Al/c2*1-4(2)3;1-2;/h2*4H,1H2,2-3H3;;. The summed E-state index contributed by atoms with van der Waals surface area (Å²) < 4.78 is 0. The molecule has 0 aromatic heterocycles. The van der Waals surface area contributed by atoms with Crippen LogP contribution in [0, 0.1) is 22.0 Å². The number of hydrogen-bond donors (Lipinski definition) is 0. The first-order valence-corrected chi connectivity index (χ1v) is 6.67. The van der Waals surface area contributed by atoms with E-state index in [2.05, 4.69) is 32.6 Å². The summed E-state index contributed by atoms with van der Waals surface area (Å²) in [5.74, 6) is 1.43. The van der Waals surface area contributed by atoms with E-state index in [0.717, 1.165) is 0 Å². The van der Waals surface area contributed by atoms with Crippen LogP contribution in [0.2, 0.25) is 10.6 Å². The Hall–Kier alpha value is 0.0225. The highest BCUT2D eigenvalue weighted by atomic mass is 27.2. The van der Waals surface area contributed by atoms with E-state index in [4.69, 9.17) is 5.26 Å². The van der Waals surface area contributed by atoms with Crippen molar-refractivity contribution in [3.05, 3.63) is 0 Å². The van der Waals surface area contributed by atoms with Crippen LogP contribution in [0.25, 0.3) is 0 Å². The summed E-state index contributed by atoms with van der Waals surface area (Å²) >= 11 is -1.02. The summed E-state index contributed by atoms with van der Waals surface area (Å²) in [6.07, 6.45) is 0. The highest BCUT2D eigenvalue weighted by Gasteiger charge is 2.20. The van der Waals surface area contributed by atoms with Crippen LogP contribution >= 0.6 is 0 Å². The molecule has 0 aromatic rings. The highest BCUT2D eigenvalue weighted by Crippen LogP contribution is 2.13. The molecule has 0 N–H and O–H groups in total. The molecule has 0 amide bonds. The van der Waals surface area contributed by atoms with Gasteiger partial charge in [-0.1, -0.05) is 55.0 Å². The summed E-state index contributed by atoms with van der Waals surface area (Å²) in [5.41, 5.74) is 0. The van der Waals surface area contributed by atoms with Gasteiger partial charge in [0.05, 0.1) is 0 Å². The molecule has 0 bridgehead atoms. The van der Waals surface area contributed by atoms with E-state index in [1.807, 2.05) is 0 Å². The molecule has 0 aliphatic rings. The molecule has 0 aliphatic heterocycles. The minimum Gasteiger partial charge on any atom is -0.225 e. The third-order valence-corrected chi connectivity index (χ3v) is 5.08. The van der Waals surface area contributed by atoms with Crippen LogP contribution in [-0.4, -0.2) is 14.1 Å². The first kappa shape index (κ1) is 11.0. The summed E-state index contributed by atoms with van der Waals surface area (Å²) in [5, 5.41) is 11.2. The molecule has 62 valence electrons. The summed E-state index contributed by atoms with van der Waals surface area (Å²) in [6, 6.07) is 0. The maximum atomic E-state index is 8.84. The van der Waals surface area contributed by atoms with Gasteiger partial charge < -0.3 is 0 Å². The van der Waals surface area contributed by atoms with E-state index in [1.165, 1.54) is 10.6 Å². The second-order valence-corrected chi connectivity index (χ2v) is 6.68. The van der Waals surface area contributed by atoms with E-state index in [9.17, 15) is 0 Å². The zero-order valence-corrected chi connectivity index (χ0v) is 9.25. The summed E-state index contributed by atoms with van der Waals surface area (Å²) in [4.78, 5) is 2.50. The molecule has 1 nitrogen and oxygen atoms in total. The zero-order chi connectivity index (χ0) is 8.85. The maximum absolute atomic E-state index is 8.84. The lowest BCUT2D eigenvalue weighted by atomic mass is 10.3. The van der Waals surface area contributed by atoms with Gasteiger partial charge >= 0.3 is 14.1 Å². The van der Waals surface area contributed by atoms with Crippen LogP contribution in [0.15, 0.2) is 0 Å². The van der Waals surface area contributed by atoms with E-state index >= 15 is 0 Å². The van der Waals surface area contributed by atoms with Gasteiger partial charge in [0, 0.05) is 0 Å². The molecule has 0 heterocycles. The topological polar surface area (TPSA) is 23.8 Å². The Balaban J connectivity index is 3.70. The molecule has 0 saturated carbocycles. The second kappa shape index (κ2) is 5.64. The van der Waals surface area contributed by atoms with Gasteiger partial charge in [-0.25, -0.2) is 5.26 Å². The van der Waals surface area contributed by atoms with Crippen molar-refractivity contribution >= 4 is 14.1 Å². The fourth-order valence-corrected chi connectivity index (χ4v) is 4.02. The van der Waals surface area contributed by atoms with Crippen molar-refractivity contribution in [2.24, 2.45) is 11.8 Å². The average molecular weight is 167 g/mol. The van der Waals surface area contributed by atoms with Gasteiger partial charge in [-0.3, -0.25) is 0 Å². The molecular weight excluding hydrogens is 149 g/mol. The smallest absolute Gasteiger partial charge is 0.225 e. The van der Waals surface area contributed by atoms with Crippen molar-refractivity contribution in [2.45, 2.75) is 38.3 Å². The average Bonchev–Trinajstić information content (AvgIpc) is 1.84. The molecule has 0 fully saturated rings. The zero-order valence-electron chi connectivity index (χ0n) is 8.09. The minimum absolute atomic E-state index is 0.713. The van der Waals surface area contributed by atoms with Crippen molar-refractivity contribution in [3.8, 4) is 4.93 Å². The van der Waals surface area contributed by atoms with Crippen LogP contribution < -0.4 is 0 Å². The van der Waals surface area contributed by atoms with E-state index in [0.29, 0.717) is 11.8 Å². The predicted molar refractivity (Wildman–Crippen MR) is 50.7 cm³/mol. The van der Waals surface area contributed by atoms with Crippen LogP contribution in [0.3, 0.4) is 0 Å². The SMILES string of the molecule is CC(C)[CH2][Al]([C]#N)[CH2]C(C)C. The van der Waals surface area contributed by atoms with E-state index < -0.39 is 14.1 Å². The Kier molecular flexibility index (Phi) is 5.66. The normalized spacial score (nSPS) is 10.3. The Morgan fingerprint density at radius 1 is 1.09 bits per heavy atom. The fourth-order valence-electron chi connectivity index (χ4n) is 1.34. The fraction of sp³-hybridized carbons (Fsp3) is 0.889. The van der Waals surface area contributed by atoms with Crippen molar-refractivity contribution in [1.82, 2.24) is 0 Å². The van der Waals surface area contributed by atoms with Gasteiger partial charge in [-0.05, 0) is 0 Å². The minimum atomic E-state index is -1.02. The lowest BCUT2D eigenvalue weighted by Gasteiger charge is -2.08.